The predicted molar refractivity (Wildman–Crippen MR) is 97.6 cm³/mol. The molecular weight excluding hydrogens is 330 g/mol. The van der Waals surface area contributed by atoms with E-state index in [-0.39, 0.29) is 17.7 Å². The van der Waals surface area contributed by atoms with Crippen molar-refractivity contribution in [2.24, 2.45) is 5.41 Å². The van der Waals surface area contributed by atoms with Gasteiger partial charge in [-0.3, -0.25) is 0 Å². The maximum absolute atomic E-state index is 16.4. The Hall–Kier alpha value is -1.05. The second kappa shape index (κ2) is 6.11. The van der Waals surface area contributed by atoms with Gasteiger partial charge in [-0.05, 0) is 41.0 Å². The summed E-state index contributed by atoms with van der Waals surface area (Å²) in [5.74, 6) is 0.261. The van der Waals surface area contributed by atoms with Crippen molar-refractivity contribution >= 4 is 28.8 Å². The first-order chi connectivity index (χ1) is 10.9. The average molecular weight is 351 g/mol. The topological polar surface area (TPSA) is 0 Å². The lowest BCUT2D eigenvalue weighted by Crippen LogP contribution is -2.36. The Kier molecular flexibility index (Phi) is 4.46. The molecule has 0 saturated heterocycles. The van der Waals surface area contributed by atoms with E-state index >= 15 is 4.39 Å². The summed E-state index contributed by atoms with van der Waals surface area (Å²) in [4.78, 5) is 0. The molecule has 3 rings (SSSR count). The Morgan fingerprint density at radius 2 is 1.87 bits per heavy atom. The van der Waals surface area contributed by atoms with Crippen LogP contribution in [0.1, 0.15) is 38.7 Å². The summed E-state index contributed by atoms with van der Waals surface area (Å²) in [6.45, 7) is 4.24. The molecule has 1 aromatic carbocycles. The van der Waals surface area contributed by atoms with Gasteiger partial charge in [0.05, 0.1) is 0 Å². The zero-order valence-electron chi connectivity index (χ0n) is 13.5. The van der Waals surface area contributed by atoms with Gasteiger partial charge in [-0.1, -0.05) is 61.9 Å². The SMILES string of the molecule is CC1(C)CCC=C1C1(F)CC(CCl)=C(Cl)C=C1c1ccccc1. The summed E-state index contributed by atoms with van der Waals surface area (Å²) in [6.07, 6.45) is 5.98. The van der Waals surface area contributed by atoms with E-state index in [4.69, 9.17) is 23.2 Å². The third kappa shape index (κ3) is 2.90. The van der Waals surface area contributed by atoms with E-state index in [0.29, 0.717) is 10.6 Å². The van der Waals surface area contributed by atoms with Gasteiger partial charge < -0.3 is 0 Å². The fourth-order valence-corrected chi connectivity index (χ4v) is 4.33. The van der Waals surface area contributed by atoms with Crippen molar-refractivity contribution in [3.05, 3.63) is 64.2 Å². The van der Waals surface area contributed by atoms with E-state index in [0.717, 1.165) is 29.6 Å². The van der Waals surface area contributed by atoms with Crippen LogP contribution >= 0.6 is 23.2 Å². The molecule has 0 spiro atoms. The Labute approximate surface area is 147 Å². The highest BCUT2D eigenvalue weighted by molar-refractivity contribution is 6.33. The van der Waals surface area contributed by atoms with Crippen LogP contribution in [0.15, 0.2) is 58.7 Å². The van der Waals surface area contributed by atoms with Crippen LogP contribution in [-0.4, -0.2) is 11.5 Å². The van der Waals surface area contributed by atoms with E-state index in [2.05, 4.69) is 19.9 Å². The molecule has 3 heteroatoms. The lowest BCUT2D eigenvalue weighted by atomic mass is 9.69. The first-order valence-electron chi connectivity index (χ1n) is 7.99. The molecule has 0 heterocycles. The smallest absolute Gasteiger partial charge is 0.162 e. The molecule has 0 saturated carbocycles. The molecule has 1 aromatic rings. The molecule has 0 fully saturated rings. The molecule has 23 heavy (non-hydrogen) atoms. The first kappa shape index (κ1) is 16.8. The van der Waals surface area contributed by atoms with Gasteiger partial charge >= 0.3 is 0 Å². The molecule has 122 valence electrons. The normalized spacial score (nSPS) is 27.0. The average Bonchev–Trinajstić information content (AvgIpc) is 2.90. The number of benzene rings is 1. The molecule has 2 aliphatic rings. The minimum atomic E-state index is -1.54. The van der Waals surface area contributed by atoms with E-state index in [9.17, 15) is 0 Å². The minimum absolute atomic E-state index is 0.149. The van der Waals surface area contributed by atoms with Crippen LogP contribution in [0.3, 0.4) is 0 Å². The van der Waals surface area contributed by atoms with Gasteiger partial charge in [0.2, 0.25) is 0 Å². The third-order valence-electron chi connectivity index (χ3n) is 5.01. The molecule has 0 amide bonds. The van der Waals surface area contributed by atoms with Crippen LogP contribution in [-0.2, 0) is 0 Å². The number of alkyl halides is 2. The van der Waals surface area contributed by atoms with Crippen molar-refractivity contribution < 1.29 is 4.39 Å². The summed E-state index contributed by atoms with van der Waals surface area (Å²) in [5.41, 5.74) is 1.49. The summed E-state index contributed by atoms with van der Waals surface area (Å²) >= 11 is 12.4. The quantitative estimate of drug-likeness (QED) is 0.422. The van der Waals surface area contributed by atoms with Crippen molar-refractivity contribution in [2.75, 3.05) is 5.88 Å². The van der Waals surface area contributed by atoms with Gasteiger partial charge in [-0.2, -0.15) is 0 Å². The van der Waals surface area contributed by atoms with Gasteiger partial charge in [-0.25, -0.2) is 4.39 Å². The van der Waals surface area contributed by atoms with Crippen LogP contribution in [0.5, 0.6) is 0 Å². The summed E-state index contributed by atoms with van der Waals surface area (Å²) in [5, 5.41) is 0.573. The molecule has 0 N–H and O–H groups in total. The van der Waals surface area contributed by atoms with Crippen LogP contribution in [0.25, 0.3) is 5.57 Å². The van der Waals surface area contributed by atoms with Crippen molar-refractivity contribution in [2.45, 2.75) is 38.8 Å². The largest absolute Gasteiger partial charge is 0.233 e. The fraction of sp³-hybridized carbons (Fsp3) is 0.400. The zero-order valence-corrected chi connectivity index (χ0v) is 15.0. The molecule has 0 aliphatic heterocycles. The molecular formula is C20H21Cl2F. The first-order valence-corrected chi connectivity index (χ1v) is 8.91. The second-order valence-corrected chi connectivity index (χ2v) is 7.70. The van der Waals surface area contributed by atoms with Crippen LogP contribution in [0.4, 0.5) is 4.39 Å². The van der Waals surface area contributed by atoms with E-state index in [1.165, 1.54) is 0 Å². The number of rotatable bonds is 3. The van der Waals surface area contributed by atoms with Crippen LogP contribution in [0, 0.1) is 5.41 Å². The zero-order chi connectivity index (χ0) is 16.7. The Morgan fingerprint density at radius 3 is 2.43 bits per heavy atom. The molecule has 1 unspecified atom stereocenters. The number of halogens is 3. The molecule has 0 nitrogen and oxygen atoms in total. The number of hydrogen-bond donors (Lipinski definition) is 0. The Balaban J connectivity index is 2.17. The Bertz CT molecular complexity index is 698. The van der Waals surface area contributed by atoms with Crippen molar-refractivity contribution in [3.63, 3.8) is 0 Å². The van der Waals surface area contributed by atoms with Crippen molar-refractivity contribution in [1.82, 2.24) is 0 Å². The van der Waals surface area contributed by atoms with E-state index in [1.807, 2.05) is 30.3 Å². The molecule has 1 atom stereocenters. The molecule has 0 aromatic heterocycles. The van der Waals surface area contributed by atoms with Gasteiger partial charge in [0, 0.05) is 22.9 Å². The standard InChI is InChI=1S/C20H21Cl2F/c1-19(2)10-6-9-18(19)20(23)12-15(13-21)17(22)11-16(20)14-7-4-3-5-8-14/h3-5,7-9,11H,6,10,12-13H2,1-2H3. The highest BCUT2D eigenvalue weighted by Crippen LogP contribution is 2.55. The summed E-state index contributed by atoms with van der Waals surface area (Å²) < 4.78 is 16.4. The summed E-state index contributed by atoms with van der Waals surface area (Å²) in [7, 11) is 0. The minimum Gasteiger partial charge on any atom is -0.233 e. The van der Waals surface area contributed by atoms with E-state index in [1.54, 1.807) is 6.08 Å². The molecule has 0 bridgehead atoms. The van der Waals surface area contributed by atoms with Gasteiger partial charge in [0.15, 0.2) is 5.67 Å². The van der Waals surface area contributed by atoms with Gasteiger partial charge in [-0.15, -0.1) is 11.6 Å². The van der Waals surface area contributed by atoms with Gasteiger partial charge in [0.25, 0.3) is 0 Å². The second-order valence-electron chi connectivity index (χ2n) is 7.03. The lowest BCUT2D eigenvalue weighted by molar-refractivity contribution is 0.240. The van der Waals surface area contributed by atoms with Crippen molar-refractivity contribution in [1.29, 1.82) is 0 Å². The van der Waals surface area contributed by atoms with Crippen LogP contribution < -0.4 is 0 Å². The van der Waals surface area contributed by atoms with E-state index < -0.39 is 5.67 Å². The predicted octanol–water partition coefficient (Wildman–Crippen LogP) is 6.66. The monoisotopic (exact) mass is 350 g/mol. The Morgan fingerprint density at radius 1 is 1.17 bits per heavy atom. The number of allylic oxidation sites excluding steroid dienone is 6. The summed E-state index contributed by atoms with van der Waals surface area (Å²) in [6, 6.07) is 9.68. The lowest BCUT2D eigenvalue weighted by Gasteiger charge is -2.39. The number of hydrogen-bond acceptors (Lipinski definition) is 0. The highest BCUT2D eigenvalue weighted by atomic mass is 35.5. The maximum Gasteiger partial charge on any atom is 0.162 e. The third-order valence-corrected chi connectivity index (χ3v) is 5.71. The van der Waals surface area contributed by atoms with Crippen molar-refractivity contribution in [3.8, 4) is 0 Å². The fourth-order valence-electron chi connectivity index (χ4n) is 3.78. The molecule has 0 radical (unpaired) electrons. The van der Waals surface area contributed by atoms with Gasteiger partial charge in [0.1, 0.15) is 0 Å². The maximum atomic E-state index is 16.4. The molecule has 2 aliphatic carbocycles. The highest BCUT2D eigenvalue weighted by Gasteiger charge is 2.48. The van der Waals surface area contributed by atoms with Crippen LogP contribution in [0.2, 0.25) is 0 Å².